The molecule has 0 aliphatic carbocycles. The number of hydrogen-bond acceptors (Lipinski definition) is 4. The molecule has 0 heterocycles. The van der Waals surface area contributed by atoms with Gasteiger partial charge in [-0.25, -0.2) is 4.79 Å². The number of nitro benzene ring substituents is 1. The van der Waals surface area contributed by atoms with Crippen LogP contribution < -0.4 is 4.90 Å². The van der Waals surface area contributed by atoms with E-state index in [1.54, 1.807) is 39.8 Å². The van der Waals surface area contributed by atoms with Crippen molar-refractivity contribution in [3.05, 3.63) is 40.5 Å². The topological polar surface area (TPSA) is 72.7 Å². The normalized spacial score (nSPS) is 10.9. The number of amides is 1. The summed E-state index contributed by atoms with van der Waals surface area (Å²) in [6.07, 6.45) is -0.570. The van der Waals surface area contributed by atoms with Crippen LogP contribution in [-0.2, 0) is 4.74 Å². The lowest BCUT2D eigenvalue weighted by Gasteiger charge is -2.24. The summed E-state index contributed by atoms with van der Waals surface area (Å²) in [6.45, 7) is 10.7. The van der Waals surface area contributed by atoms with Gasteiger partial charge < -0.3 is 4.74 Å². The molecule has 21 heavy (non-hydrogen) atoms. The second-order valence-electron chi connectivity index (χ2n) is 5.78. The maximum atomic E-state index is 12.0. The maximum Gasteiger partial charge on any atom is 0.414 e. The number of allylic oxidation sites excluding steroid dienone is 1. The minimum Gasteiger partial charge on any atom is -0.443 e. The molecule has 1 rings (SSSR count). The molecule has 114 valence electrons. The molecule has 0 aromatic heterocycles. The molecule has 0 aliphatic heterocycles. The lowest BCUT2D eigenvalue weighted by atomic mass is 10.1. The highest BCUT2D eigenvalue weighted by molar-refractivity contribution is 5.88. The van der Waals surface area contributed by atoms with Crippen molar-refractivity contribution in [2.45, 2.75) is 33.3 Å². The molecule has 0 aliphatic rings. The number of anilines is 1. The summed E-state index contributed by atoms with van der Waals surface area (Å²) in [7, 11) is 1.51. The maximum absolute atomic E-state index is 12.0. The molecule has 0 saturated carbocycles. The minimum absolute atomic E-state index is 0.0876. The molecule has 1 amide bonds. The third-order valence-electron chi connectivity index (χ3n) is 2.69. The molecule has 0 saturated heterocycles. The predicted molar refractivity (Wildman–Crippen MR) is 82.4 cm³/mol. The standard InChI is InChI=1S/C15H20N2O4/c1-10(2)12-8-7-11(9-13(12)17(19)20)16(6)14(18)21-15(3,4)5/h7-9H,1H2,2-6H3. The number of ether oxygens (including phenoxy) is 1. The Bertz CT molecular complexity index is 588. The van der Waals surface area contributed by atoms with Crippen molar-refractivity contribution in [2.24, 2.45) is 0 Å². The van der Waals surface area contributed by atoms with Crippen molar-refractivity contribution < 1.29 is 14.5 Å². The molecule has 0 fully saturated rings. The Labute approximate surface area is 124 Å². The van der Waals surface area contributed by atoms with Crippen molar-refractivity contribution >= 4 is 23.0 Å². The Balaban J connectivity index is 3.15. The van der Waals surface area contributed by atoms with E-state index in [2.05, 4.69) is 6.58 Å². The quantitative estimate of drug-likeness (QED) is 0.623. The highest BCUT2D eigenvalue weighted by Gasteiger charge is 2.23. The fourth-order valence-electron chi connectivity index (χ4n) is 1.68. The number of benzene rings is 1. The third kappa shape index (κ3) is 4.30. The van der Waals surface area contributed by atoms with Gasteiger partial charge in [0.2, 0.25) is 0 Å². The average molecular weight is 292 g/mol. The monoisotopic (exact) mass is 292 g/mol. The summed E-state index contributed by atoms with van der Waals surface area (Å²) in [5, 5.41) is 11.1. The Kier molecular flexibility index (Phi) is 4.73. The van der Waals surface area contributed by atoms with Crippen molar-refractivity contribution in [1.29, 1.82) is 0 Å². The zero-order valence-corrected chi connectivity index (χ0v) is 13.0. The van der Waals surface area contributed by atoms with E-state index in [0.717, 1.165) is 0 Å². The molecule has 6 heteroatoms. The van der Waals surface area contributed by atoms with Gasteiger partial charge in [0.25, 0.3) is 5.69 Å². The molecule has 1 aromatic rings. The number of nitro groups is 1. The Morgan fingerprint density at radius 3 is 2.38 bits per heavy atom. The largest absolute Gasteiger partial charge is 0.443 e. The van der Waals surface area contributed by atoms with Gasteiger partial charge in [-0.1, -0.05) is 6.58 Å². The summed E-state index contributed by atoms with van der Waals surface area (Å²) in [5.41, 5.74) is 0.709. The van der Waals surface area contributed by atoms with Gasteiger partial charge in [-0.2, -0.15) is 0 Å². The van der Waals surface area contributed by atoms with Crippen LogP contribution >= 0.6 is 0 Å². The minimum atomic E-state index is -0.630. The Hall–Kier alpha value is -2.37. The molecular weight excluding hydrogens is 272 g/mol. The van der Waals surface area contributed by atoms with E-state index in [1.807, 2.05) is 0 Å². The molecule has 1 aromatic carbocycles. The number of carbonyl (C=O) groups is 1. The molecule has 0 atom stereocenters. The van der Waals surface area contributed by atoms with Crippen molar-refractivity contribution in [3.8, 4) is 0 Å². The first-order valence-electron chi connectivity index (χ1n) is 6.44. The fraction of sp³-hybridized carbons (Fsp3) is 0.400. The van der Waals surface area contributed by atoms with Crippen LogP contribution in [0.4, 0.5) is 16.2 Å². The van der Waals surface area contributed by atoms with Gasteiger partial charge in [-0.05, 0) is 45.4 Å². The van der Waals surface area contributed by atoms with E-state index < -0.39 is 16.6 Å². The summed E-state index contributed by atoms with van der Waals surface area (Å²) < 4.78 is 5.23. The highest BCUT2D eigenvalue weighted by Crippen LogP contribution is 2.29. The van der Waals surface area contributed by atoms with Gasteiger partial charge in [-0.3, -0.25) is 15.0 Å². The first kappa shape index (κ1) is 16.7. The molecule has 0 bridgehead atoms. The SMILES string of the molecule is C=C(C)c1ccc(N(C)C(=O)OC(C)(C)C)cc1[N+](=O)[O-]. The summed E-state index contributed by atoms with van der Waals surface area (Å²) in [6, 6.07) is 4.55. The van der Waals surface area contributed by atoms with Crippen molar-refractivity contribution in [2.75, 3.05) is 11.9 Å². The van der Waals surface area contributed by atoms with Gasteiger partial charge in [-0.15, -0.1) is 0 Å². The second kappa shape index (κ2) is 5.95. The fourth-order valence-corrected chi connectivity index (χ4v) is 1.68. The number of hydrogen-bond donors (Lipinski definition) is 0. The van der Waals surface area contributed by atoms with E-state index in [9.17, 15) is 14.9 Å². The lowest BCUT2D eigenvalue weighted by Crippen LogP contribution is -2.34. The second-order valence-corrected chi connectivity index (χ2v) is 5.78. The van der Waals surface area contributed by atoms with Gasteiger partial charge >= 0.3 is 6.09 Å². The van der Waals surface area contributed by atoms with Crippen molar-refractivity contribution in [3.63, 3.8) is 0 Å². The van der Waals surface area contributed by atoms with E-state index in [0.29, 0.717) is 16.8 Å². The first-order chi connectivity index (χ1) is 9.53. The molecule has 6 nitrogen and oxygen atoms in total. The highest BCUT2D eigenvalue weighted by atomic mass is 16.6. The van der Waals surface area contributed by atoms with Crippen LogP contribution in [0.15, 0.2) is 24.8 Å². The van der Waals surface area contributed by atoms with E-state index in [4.69, 9.17) is 4.74 Å². The molecular formula is C15H20N2O4. The van der Waals surface area contributed by atoms with Crippen LogP contribution in [0.5, 0.6) is 0 Å². The first-order valence-corrected chi connectivity index (χ1v) is 6.44. The summed E-state index contributed by atoms with van der Waals surface area (Å²) >= 11 is 0. The predicted octanol–water partition coefficient (Wildman–Crippen LogP) is 4.00. The summed E-state index contributed by atoms with van der Waals surface area (Å²) in [5.74, 6) is 0. The zero-order valence-electron chi connectivity index (χ0n) is 13.0. The molecule has 0 spiro atoms. The van der Waals surface area contributed by atoms with Gasteiger partial charge in [0.15, 0.2) is 0 Å². The smallest absolute Gasteiger partial charge is 0.414 e. The Morgan fingerprint density at radius 2 is 1.95 bits per heavy atom. The van der Waals surface area contributed by atoms with E-state index in [-0.39, 0.29) is 5.69 Å². The van der Waals surface area contributed by atoms with E-state index in [1.165, 1.54) is 18.0 Å². The molecule has 0 unspecified atom stereocenters. The van der Waals surface area contributed by atoms with Crippen LogP contribution in [0.1, 0.15) is 33.3 Å². The average Bonchev–Trinajstić information content (AvgIpc) is 2.34. The van der Waals surface area contributed by atoms with Crippen LogP contribution in [0, 0.1) is 10.1 Å². The lowest BCUT2D eigenvalue weighted by molar-refractivity contribution is -0.385. The van der Waals surface area contributed by atoms with Gasteiger partial charge in [0, 0.05) is 13.1 Å². The number of nitrogens with zero attached hydrogens (tertiary/aromatic N) is 2. The van der Waals surface area contributed by atoms with Crippen LogP contribution in [0.3, 0.4) is 0 Å². The van der Waals surface area contributed by atoms with Gasteiger partial charge in [0.1, 0.15) is 5.60 Å². The molecule has 0 radical (unpaired) electrons. The van der Waals surface area contributed by atoms with E-state index >= 15 is 0 Å². The van der Waals surface area contributed by atoms with Crippen LogP contribution in [-0.4, -0.2) is 23.7 Å². The number of carbonyl (C=O) groups excluding carboxylic acids is 1. The van der Waals surface area contributed by atoms with Crippen LogP contribution in [0.25, 0.3) is 5.57 Å². The zero-order chi connectivity index (χ0) is 16.4. The summed E-state index contributed by atoms with van der Waals surface area (Å²) in [4.78, 5) is 23.9. The molecule has 0 N–H and O–H groups in total. The van der Waals surface area contributed by atoms with Crippen LogP contribution in [0.2, 0.25) is 0 Å². The number of rotatable bonds is 3. The van der Waals surface area contributed by atoms with Crippen molar-refractivity contribution in [1.82, 2.24) is 0 Å². The Morgan fingerprint density at radius 1 is 1.38 bits per heavy atom. The van der Waals surface area contributed by atoms with Gasteiger partial charge in [0.05, 0.1) is 16.2 Å². The third-order valence-corrected chi connectivity index (χ3v) is 2.69.